The highest BCUT2D eigenvalue weighted by atomic mass is 127. The summed E-state index contributed by atoms with van der Waals surface area (Å²) < 4.78 is 17.7. The molecule has 0 aliphatic carbocycles. The second-order valence-corrected chi connectivity index (χ2v) is 9.51. The van der Waals surface area contributed by atoms with Crippen molar-refractivity contribution in [3.8, 4) is 17.2 Å². The number of halogens is 3. The van der Waals surface area contributed by atoms with Crippen LogP contribution in [0.3, 0.4) is 0 Å². The van der Waals surface area contributed by atoms with Crippen LogP contribution in [0.15, 0.2) is 59.7 Å². The second kappa shape index (κ2) is 14.1. The minimum absolute atomic E-state index is 0.229. The van der Waals surface area contributed by atoms with Gasteiger partial charge in [0.2, 0.25) is 11.8 Å². The molecule has 3 rings (SSSR count). The van der Waals surface area contributed by atoms with E-state index in [2.05, 4.69) is 38.4 Å². The zero-order valence-electron chi connectivity index (χ0n) is 20.0. The molecule has 37 heavy (non-hydrogen) atoms. The van der Waals surface area contributed by atoms with Crippen LogP contribution in [-0.4, -0.2) is 31.7 Å². The molecule has 0 fully saturated rings. The summed E-state index contributed by atoms with van der Waals surface area (Å²) in [6.45, 7) is 2.52. The summed E-state index contributed by atoms with van der Waals surface area (Å²) in [6.07, 6.45) is 1.05. The summed E-state index contributed by atoms with van der Waals surface area (Å²) in [5.41, 5.74) is 4.29. The van der Waals surface area contributed by atoms with Crippen molar-refractivity contribution in [1.29, 1.82) is 0 Å². The summed E-state index contributed by atoms with van der Waals surface area (Å²) in [6, 6.07) is 15.7. The quantitative estimate of drug-likeness (QED) is 0.113. The van der Waals surface area contributed by atoms with Crippen molar-refractivity contribution in [2.75, 3.05) is 19.0 Å². The summed E-state index contributed by atoms with van der Waals surface area (Å²) in [7, 11) is 1.50. The number of methoxy groups -OCH3 is 1. The van der Waals surface area contributed by atoms with Crippen molar-refractivity contribution >= 4 is 69.5 Å². The van der Waals surface area contributed by atoms with Gasteiger partial charge >= 0.3 is 0 Å². The lowest BCUT2D eigenvalue weighted by Gasteiger charge is -2.15. The second-order valence-electron chi connectivity index (χ2n) is 7.51. The van der Waals surface area contributed by atoms with Gasteiger partial charge in [0.25, 0.3) is 0 Å². The largest absolute Gasteiger partial charge is 0.495 e. The van der Waals surface area contributed by atoms with Crippen LogP contribution < -0.4 is 25.0 Å². The molecule has 0 bridgehead atoms. The van der Waals surface area contributed by atoms with Crippen molar-refractivity contribution < 1.29 is 23.8 Å². The first-order valence-corrected chi connectivity index (χ1v) is 12.9. The standard InChI is InChI=1S/C26H24Cl2IN3O5/c1-3-36-23-11-16(10-20(29)26(23)37-15-17-8-9-18(27)12-19(17)28)14-30-32-25(34)13-24(33)31-21-6-4-5-7-22(21)35-2/h4-12,14H,3,13,15H2,1-2H3,(H,31,33)(H,32,34). The van der Waals surface area contributed by atoms with Gasteiger partial charge in [-0.05, 0) is 71.5 Å². The molecule has 0 saturated heterocycles. The number of nitrogens with zero attached hydrogens (tertiary/aromatic N) is 1. The van der Waals surface area contributed by atoms with E-state index in [-0.39, 0.29) is 6.61 Å². The number of carbonyl (C=O) groups excluding carboxylic acids is 2. The van der Waals surface area contributed by atoms with Gasteiger partial charge in [-0.15, -0.1) is 0 Å². The topological polar surface area (TPSA) is 98.2 Å². The Morgan fingerprint density at radius 1 is 1.03 bits per heavy atom. The zero-order valence-corrected chi connectivity index (χ0v) is 23.7. The van der Waals surface area contributed by atoms with Crippen LogP contribution in [0.1, 0.15) is 24.5 Å². The molecule has 0 spiro atoms. The molecule has 11 heteroatoms. The monoisotopic (exact) mass is 655 g/mol. The number of hydrazone groups is 1. The fraction of sp³-hybridized carbons (Fsp3) is 0.192. The van der Waals surface area contributed by atoms with Gasteiger partial charge in [-0.2, -0.15) is 5.10 Å². The smallest absolute Gasteiger partial charge is 0.249 e. The lowest BCUT2D eigenvalue weighted by atomic mass is 10.2. The Balaban J connectivity index is 1.61. The number of amides is 2. The minimum Gasteiger partial charge on any atom is -0.495 e. The molecule has 0 radical (unpaired) electrons. The van der Waals surface area contributed by atoms with Gasteiger partial charge in [0, 0.05) is 15.6 Å². The Morgan fingerprint density at radius 3 is 2.54 bits per heavy atom. The highest BCUT2D eigenvalue weighted by Gasteiger charge is 2.14. The Morgan fingerprint density at radius 2 is 1.81 bits per heavy atom. The van der Waals surface area contributed by atoms with Gasteiger partial charge in [-0.3, -0.25) is 9.59 Å². The lowest BCUT2D eigenvalue weighted by Crippen LogP contribution is -2.24. The number of ether oxygens (including phenoxy) is 3. The van der Waals surface area contributed by atoms with Crippen LogP contribution in [0.2, 0.25) is 10.0 Å². The average Bonchev–Trinajstić information content (AvgIpc) is 2.85. The number of benzene rings is 3. The number of carbonyl (C=O) groups is 2. The first-order valence-electron chi connectivity index (χ1n) is 11.1. The number of rotatable bonds is 11. The van der Waals surface area contributed by atoms with Gasteiger partial charge in [-0.25, -0.2) is 5.43 Å². The van der Waals surface area contributed by atoms with E-state index in [0.29, 0.717) is 45.2 Å². The summed E-state index contributed by atoms with van der Waals surface area (Å²) >= 11 is 14.3. The van der Waals surface area contributed by atoms with Gasteiger partial charge in [-0.1, -0.05) is 41.4 Å². The van der Waals surface area contributed by atoms with Crippen molar-refractivity contribution in [3.63, 3.8) is 0 Å². The predicted molar refractivity (Wildman–Crippen MR) is 153 cm³/mol. The van der Waals surface area contributed by atoms with E-state index in [1.54, 1.807) is 48.5 Å². The molecule has 2 N–H and O–H groups in total. The molecule has 194 valence electrons. The molecular weight excluding hydrogens is 632 g/mol. The van der Waals surface area contributed by atoms with Crippen LogP contribution in [-0.2, 0) is 16.2 Å². The third kappa shape index (κ3) is 8.51. The fourth-order valence-corrected chi connectivity index (χ4v) is 4.40. The van der Waals surface area contributed by atoms with Gasteiger partial charge in [0.1, 0.15) is 18.8 Å². The SMILES string of the molecule is CCOc1cc(C=NNC(=O)CC(=O)Nc2ccccc2OC)cc(I)c1OCc1ccc(Cl)cc1Cl. The van der Waals surface area contributed by atoms with E-state index in [1.165, 1.54) is 13.3 Å². The van der Waals surface area contributed by atoms with E-state index in [1.807, 2.05) is 13.0 Å². The third-order valence-electron chi connectivity index (χ3n) is 4.82. The van der Waals surface area contributed by atoms with Crippen molar-refractivity contribution in [2.45, 2.75) is 20.0 Å². The number of anilines is 1. The molecule has 0 aliphatic heterocycles. The molecule has 0 saturated carbocycles. The zero-order chi connectivity index (χ0) is 26.8. The minimum atomic E-state index is -0.567. The highest BCUT2D eigenvalue weighted by molar-refractivity contribution is 14.1. The molecule has 8 nitrogen and oxygen atoms in total. The molecule has 3 aromatic rings. The number of hydrogen-bond acceptors (Lipinski definition) is 6. The van der Waals surface area contributed by atoms with Crippen molar-refractivity contribution in [2.24, 2.45) is 5.10 Å². The molecule has 2 amide bonds. The molecule has 3 aromatic carbocycles. The Bertz CT molecular complexity index is 1300. The van der Waals surface area contributed by atoms with E-state index >= 15 is 0 Å². The Kier molecular flexibility index (Phi) is 10.8. The maximum absolute atomic E-state index is 12.2. The normalized spacial score (nSPS) is 10.7. The van der Waals surface area contributed by atoms with Gasteiger partial charge in [0.05, 0.1) is 29.2 Å². The number of nitrogens with one attached hydrogen (secondary N) is 2. The van der Waals surface area contributed by atoms with Crippen molar-refractivity contribution in [1.82, 2.24) is 5.43 Å². The molecule has 0 heterocycles. The van der Waals surface area contributed by atoms with Crippen molar-refractivity contribution in [3.05, 3.63) is 79.3 Å². The molecule has 0 unspecified atom stereocenters. The first kappa shape index (κ1) is 28.5. The Labute approximate surface area is 238 Å². The summed E-state index contributed by atoms with van der Waals surface area (Å²) in [5.74, 6) is 0.514. The lowest BCUT2D eigenvalue weighted by molar-refractivity contribution is -0.126. The third-order valence-corrected chi connectivity index (χ3v) is 6.21. The van der Waals surface area contributed by atoms with E-state index in [4.69, 9.17) is 37.4 Å². The van der Waals surface area contributed by atoms with Gasteiger partial charge < -0.3 is 19.5 Å². The number of para-hydroxylation sites is 2. The maximum atomic E-state index is 12.2. The van der Waals surface area contributed by atoms with Crippen LogP contribution in [0.4, 0.5) is 5.69 Å². The van der Waals surface area contributed by atoms with Crippen LogP contribution in [0.5, 0.6) is 17.2 Å². The first-order chi connectivity index (χ1) is 17.8. The summed E-state index contributed by atoms with van der Waals surface area (Å²) in [5, 5.41) is 7.66. The highest BCUT2D eigenvalue weighted by Crippen LogP contribution is 2.35. The van der Waals surface area contributed by atoms with Crippen LogP contribution in [0.25, 0.3) is 0 Å². The van der Waals surface area contributed by atoms with E-state index in [9.17, 15) is 9.59 Å². The molecule has 0 aliphatic rings. The summed E-state index contributed by atoms with van der Waals surface area (Å²) in [4.78, 5) is 24.4. The molecule has 0 aromatic heterocycles. The van der Waals surface area contributed by atoms with Crippen LogP contribution >= 0.6 is 45.8 Å². The van der Waals surface area contributed by atoms with Crippen LogP contribution in [0, 0.1) is 3.57 Å². The predicted octanol–water partition coefficient (Wildman–Crippen LogP) is 6.06. The molecular formula is C26H24Cl2IN3O5. The van der Waals surface area contributed by atoms with Gasteiger partial charge in [0.15, 0.2) is 11.5 Å². The van der Waals surface area contributed by atoms with E-state index in [0.717, 1.165) is 9.13 Å². The molecule has 0 atom stereocenters. The van der Waals surface area contributed by atoms with E-state index < -0.39 is 18.2 Å². The number of hydrogen-bond donors (Lipinski definition) is 2. The fourth-order valence-electron chi connectivity index (χ4n) is 3.16. The Hall–Kier alpha value is -3.02. The maximum Gasteiger partial charge on any atom is 0.249 e. The average molecular weight is 656 g/mol.